The van der Waals surface area contributed by atoms with Crippen molar-refractivity contribution >= 4 is 44.3 Å². The van der Waals surface area contributed by atoms with Crippen LogP contribution in [0.25, 0.3) is 11.0 Å². The summed E-state index contributed by atoms with van der Waals surface area (Å²) in [5.41, 5.74) is -0.803. The van der Waals surface area contributed by atoms with Gasteiger partial charge in [-0.05, 0) is 18.2 Å². The number of halogens is 2. The number of amides is 2. The number of aromatic nitrogens is 3. The van der Waals surface area contributed by atoms with Gasteiger partial charge in [-0.2, -0.15) is 0 Å². The molecule has 27 heavy (non-hydrogen) atoms. The van der Waals surface area contributed by atoms with E-state index in [9.17, 15) is 22.0 Å². The molecule has 9 nitrogen and oxygen atoms in total. The lowest BCUT2D eigenvalue weighted by molar-refractivity contribution is 0.257. The highest BCUT2D eigenvalue weighted by Gasteiger charge is 2.22. The van der Waals surface area contributed by atoms with Gasteiger partial charge in [0.2, 0.25) is 10.0 Å². The number of urea groups is 1. The summed E-state index contributed by atoms with van der Waals surface area (Å²) < 4.78 is 52.9. The first-order valence-electron chi connectivity index (χ1n) is 7.46. The highest BCUT2D eigenvalue weighted by atomic mass is 32.2. The molecule has 0 spiro atoms. The van der Waals surface area contributed by atoms with Crippen LogP contribution in [0.3, 0.4) is 0 Å². The van der Waals surface area contributed by atoms with Crippen LogP contribution in [-0.4, -0.2) is 42.7 Å². The minimum atomic E-state index is -3.79. The van der Waals surface area contributed by atoms with Crippen LogP contribution < -0.4 is 14.9 Å². The maximum absolute atomic E-state index is 14.5. The molecule has 3 aromatic rings. The van der Waals surface area contributed by atoms with Crippen molar-refractivity contribution < 1.29 is 22.0 Å². The summed E-state index contributed by atoms with van der Waals surface area (Å²) in [6, 6.07) is 2.51. The molecule has 2 amide bonds. The number of H-pyrrole nitrogens is 1. The molecule has 0 aliphatic rings. The number of rotatable bonds is 4. The van der Waals surface area contributed by atoms with E-state index in [0.717, 1.165) is 23.3 Å². The molecule has 0 aliphatic heterocycles. The van der Waals surface area contributed by atoms with E-state index in [1.54, 1.807) is 12.3 Å². The average molecular weight is 396 g/mol. The average Bonchev–Trinajstić information content (AvgIpc) is 3.08. The van der Waals surface area contributed by atoms with Crippen molar-refractivity contribution in [3.63, 3.8) is 0 Å². The molecule has 12 heteroatoms. The second-order valence-electron chi connectivity index (χ2n) is 5.58. The van der Waals surface area contributed by atoms with Gasteiger partial charge in [0, 0.05) is 13.2 Å². The lowest BCUT2D eigenvalue weighted by Gasteiger charge is -2.18. The zero-order valence-electron chi connectivity index (χ0n) is 14.1. The Morgan fingerprint density at radius 1 is 1.22 bits per heavy atom. The fraction of sp³-hybridized carbons (Fsp3) is 0.133. The van der Waals surface area contributed by atoms with Crippen LogP contribution in [0.4, 0.5) is 30.8 Å². The maximum Gasteiger partial charge on any atom is 0.327 e. The summed E-state index contributed by atoms with van der Waals surface area (Å²) in [5, 5.41) is 2.62. The molecular formula is C15H14F2N6O3S. The number of nitrogens with one attached hydrogen (secondary N) is 3. The Bertz CT molecular complexity index is 1130. The van der Waals surface area contributed by atoms with Crippen molar-refractivity contribution in [3.8, 4) is 0 Å². The Morgan fingerprint density at radius 3 is 2.67 bits per heavy atom. The predicted octanol–water partition coefficient (Wildman–Crippen LogP) is 2.28. The van der Waals surface area contributed by atoms with Crippen LogP contribution in [-0.2, 0) is 10.0 Å². The lowest BCUT2D eigenvalue weighted by atomic mass is 10.2. The number of fused-ring (bicyclic) bond motifs is 1. The second kappa shape index (κ2) is 6.79. The van der Waals surface area contributed by atoms with Crippen molar-refractivity contribution in [2.45, 2.75) is 0 Å². The largest absolute Gasteiger partial charge is 0.346 e. The van der Waals surface area contributed by atoms with Gasteiger partial charge in [-0.15, -0.1) is 0 Å². The Balaban J connectivity index is 1.91. The van der Waals surface area contributed by atoms with Crippen LogP contribution >= 0.6 is 0 Å². The smallest absolute Gasteiger partial charge is 0.327 e. The van der Waals surface area contributed by atoms with Crippen molar-refractivity contribution in [2.24, 2.45) is 0 Å². The first-order chi connectivity index (χ1) is 12.7. The first-order valence-corrected chi connectivity index (χ1v) is 9.35. The summed E-state index contributed by atoms with van der Waals surface area (Å²) in [6.45, 7) is 0. The summed E-state index contributed by atoms with van der Waals surface area (Å²) in [7, 11) is -2.43. The van der Waals surface area contributed by atoms with E-state index in [4.69, 9.17) is 0 Å². The van der Waals surface area contributed by atoms with Gasteiger partial charge in [0.05, 0.1) is 17.3 Å². The summed E-state index contributed by atoms with van der Waals surface area (Å²) >= 11 is 0. The third-order valence-corrected chi connectivity index (χ3v) is 4.16. The Labute approximate surface area is 152 Å². The van der Waals surface area contributed by atoms with E-state index in [1.807, 2.05) is 4.72 Å². The fourth-order valence-corrected chi connectivity index (χ4v) is 2.92. The monoisotopic (exact) mass is 396 g/mol. The van der Waals surface area contributed by atoms with Crippen molar-refractivity contribution in [2.75, 3.05) is 28.2 Å². The molecular weight excluding hydrogens is 382 g/mol. The number of sulfonamides is 1. The summed E-state index contributed by atoms with van der Waals surface area (Å²) in [6.07, 6.45) is 3.66. The van der Waals surface area contributed by atoms with Gasteiger partial charge >= 0.3 is 6.03 Å². The number of carbonyl (C=O) groups is 1. The minimum Gasteiger partial charge on any atom is -0.346 e. The molecule has 2 heterocycles. The molecule has 0 saturated heterocycles. The highest BCUT2D eigenvalue weighted by Crippen LogP contribution is 2.28. The fourth-order valence-electron chi connectivity index (χ4n) is 2.36. The zero-order chi connectivity index (χ0) is 19.8. The minimum absolute atomic E-state index is 0.213. The number of carbonyl (C=O) groups excluding carboxylic acids is 1. The quantitative estimate of drug-likeness (QED) is 0.625. The van der Waals surface area contributed by atoms with E-state index < -0.39 is 39.1 Å². The predicted molar refractivity (Wildman–Crippen MR) is 96.1 cm³/mol. The van der Waals surface area contributed by atoms with Crippen LogP contribution in [0, 0.1) is 11.6 Å². The van der Waals surface area contributed by atoms with Gasteiger partial charge in [0.25, 0.3) is 0 Å². The van der Waals surface area contributed by atoms with Gasteiger partial charge in [-0.25, -0.2) is 32.0 Å². The van der Waals surface area contributed by atoms with Gasteiger partial charge in [-0.3, -0.25) is 9.62 Å². The van der Waals surface area contributed by atoms with E-state index in [2.05, 4.69) is 20.3 Å². The van der Waals surface area contributed by atoms with Crippen LogP contribution in [0.1, 0.15) is 0 Å². The molecule has 142 valence electrons. The molecule has 2 aromatic heterocycles. The topological polar surface area (TPSA) is 120 Å². The first kappa shape index (κ1) is 18.5. The van der Waals surface area contributed by atoms with Crippen LogP contribution in [0.5, 0.6) is 0 Å². The van der Waals surface area contributed by atoms with E-state index in [-0.39, 0.29) is 5.82 Å². The molecule has 0 fully saturated rings. The van der Waals surface area contributed by atoms with Crippen molar-refractivity contribution in [3.05, 3.63) is 42.4 Å². The molecule has 0 unspecified atom stereocenters. The van der Waals surface area contributed by atoms with E-state index >= 15 is 0 Å². The lowest BCUT2D eigenvalue weighted by Crippen LogP contribution is -2.32. The molecule has 3 N–H and O–H groups in total. The van der Waals surface area contributed by atoms with Crippen LogP contribution in [0.15, 0.2) is 30.7 Å². The standard InChI is InChI=1S/C15H14F2N6O3S/c1-23(14-8-5-6-18-13(8)19-7-20-14)15(24)21-12-9(16)3-4-10(11(12)17)22-27(2,25)26/h3-7,22H,1-2H3,(H,21,24)(H,18,19,20). The summed E-state index contributed by atoms with van der Waals surface area (Å²) in [5.74, 6) is -2.11. The normalized spacial score (nSPS) is 11.4. The van der Waals surface area contributed by atoms with Crippen molar-refractivity contribution in [1.82, 2.24) is 15.0 Å². The Hall–Kier alpha value is -3.28. The summed E-state index contributed by atoms with van der Waals surface area (Å²) in [4.78, 5) is 24.4. The third kappa shape index (κ3) is 3.79. The zero-order valence-corrected chi connectivity index (χ0v) is 14.9. The van der Waals surface area contributed by atoms with Gasteiger partial charge in [-0.1, -0.05) is 0 Å². The van der Waals surface area contributed by atoms with E-state index in [0.29, 0.717) is 11.0 Å². The molecule has 1 aromatic carbocycles. The number of benzene rings is 1. The third-order valence-electron chi connectivity index (χ3n) is 3.57. The number of aromatic amines is 1. The SMILES string of the molecule is CN(C(=O)Nc1c(F)ccc(NS(C)(=O)=O)c1F)c1ncnc2[nH]ccc12. The molecule has 0 radical (unpaired) electrons. The van der Waals surface area contributed by atoms with Crippen LogP contribution in [0.2, 0.25) is 0 Å². The molecule has 0 bridgehead atoms. The van der Waals surface area contributed by atoms with Gasteiger partial charge in [0.1, 0.15) is 29.3 Å². The molecule has 0 saturated carbocycles. The molecule has 3 rings (SSSR count). The van der Waals surface area contributed by atoms with Crippen molar-refractivity contribution in [1.29, 1.82) is 0 Å². The number of nitrogens with zero attached hydrogens (tertiary/aromatic N) is 3. The maximum atomic E-state index is 14.5. The second-order valence-corrected chi connectivity index (χ2v) is 7.33. The number of hydrogen-bond acceptors (Lipinski definition) is 5. The Morgan fingerprint density at radius 2 is 1.96 bits per heavy atom. The van der Waals surface area contributed by atoms with Gasteiger partial charge < -0.3 is 10.3 Å². The number of hydrogen-bond donors (Lipinski definition) is 3. The van der Waals surface area contributed by atoms with E-state index in [1.165, 1.54) is 13.4 Å². The highest BCUT2D eigenvalue weighted by molar-refractivity contribution is 7.92. The van der Waals surface area contributed by atoms with Gasteiger partial charge in [0.15, 0.2) is 5.82 Å². The molecule has 0 aliphatic carbocycles. The number of anilines is 3. The molecule has 0 atom stereocenters. The Kier molecular flexibility index (Phi) is 4.66.